The van der Waals surface area contributed by atoms with Crippen LogP contribution in [0.3, 0.4) is 0 Å². The number of nitrogens with zero attached hydrogens (tertiary/aromatic N) is 1. The number of benzene rings is 1. The summed E-state index contributed by atoms with van der Waals surface area (Å²) in [5.74, 6) is 0. The van der Waals surface area contributed by atoms with E-state index in [4.69, 9.17) is 5.73 Å². The van der Waals surface area contributed by atoms with Crippen LogP contribution in [0, 0.1) is 6.92 Å². The SMILES string of the molecule is Cc1ccccc1C(C(C)N)N1CCCC1(C)C. The highest BCUT2D eigenvalue weighted by molar-refractivity contribution is 5.30. The molecule has 2 rings (SSSR count). The van der Waals surface area contributed by atoms with Gasteiger partial charge in [-0.05, 0) is 58.2 Å². The lowest BCUT2D eigenvalue weighted by Crippen LogP contribution is -2.47. The van der Waals surface area contributed by atoms with E-state index in [9.17, 15) is 0 Å². The summed E-state index contributed by atoms with van der Waals surface area (Å²) in [5, 5.41) is 0. The molecule has 2 unspecified atom stereocenters. The predicted octanol–water partition coefficient (Wildman–Crippen LogP) is 3.26. The van der Waals surface area contributed by atoms with E-state index >= 15 is 0 Å². The van der Waals surface area contributed by atoms with E-state index in [2.05, 4.69) is 56.9 Å². The maximum Gasteiger partial charge on any atom is 0.0504 e. The molecule has 2 atom stereocenters. The van der Waals surface area contributed by atoms with Gasteiger partial charge in [-0.3, -0.25) is 4.90 Å². The van der Waals surface area contributed by atoms with Gasteiger partial charge in [0.15, 0.2) is 0 Å². The van der Waals surface area contributed by atoms with E-state index in [0.29, 0.717) is 6.04 Å². The van der Waals surface area contributed by atoms with Gasteiger partial charge in [0.05, 0.1) is 6.04 Å². The van der Waals surface area contributed by atoms with Gasteiger partial charge in [-0.15, -0.1) is 0 Å². The standard InChI is InChI=1S/C16H26N2/c1-12-8-5-6-9-14(12)15(13(2)17)18-11-7-10-16(18,3)4/h5-6,8-9,13,15H,7,10-11,17H2,1-4H3. The van der Waals surface area contributed by atoms with Crippen molar-refractivity contribution in [3.63, 3.8) is 0 Å². The van der Waals surface area contributed by atoms with Crippen LogP contribution in [0.4, 0.5) is 0 Å². The van der Waals surface area contributed by atoms with E-state index in [1.165, 1.54) is 24.0 Å². The summed E-state index contributed by atoms with van der Waals surface area (Å²) < 4.78 is 0. The van der Waals surface area contributed by atoms with Crippen LogP contribution in [0.15, 0.2) is 24.3 Å². The summed E-state index contributed by atoms with van der Waals surface area (Å²) in [7, 11) is 0. The molecule has 1 aliphatic rings. The fourth-order valence-electron chi connectivity index (χ4n) is 3.30. The maximum absolute atomic E-state index is 6.30. The molecule has 1 saturated heterocycles. The highest BCUT2D eigenvalue weighted by Crippen LogP contribution is 2.38. The minimum Gasteiger partial charge on any atom is -0.326 e. The molecule has 2 nitrogen and oxygen atoms in total. The second-order valence-electron chi connectivity index (χ2n) is 6.27. The number of aryl methyl sites for hydroxylation is 1. The molecule has 2 heteroatoms. The zero-order valence-corrected chi connectivity index (χ0v) is 12.1. The topological polar surface area (TPSA) is 29.3 Å². The largest absolute Gasteiger partial charge is 0.326 e. The van der Waals surface area contributed by atoms with Gasteiger partial charge in [-0.1, -0.05) is 24.3 Å². The minimum absolute atomic E-state index is 0.156. The number of likely N-dealkylation sites (tertiary alicyclic amines) is 1. The number of nitrogens with two attached hydrogens (primary N) is 1. The highest BCUT2D eigenvalue weighted by Gasteiger charge is 2.39. The zero-order valence-electron chi connectivity index (χ0n) is 12.1. The van der Waals surface area contributed by atoms with Crippen molar-refractivity contribution in [1.82, 2.24) is 4.90 Å². The quantitative estimate of drug-likeness (QED) is 0.887. The third-order valence-corrected chi connectivity index (χ3v) is 4.31. The Morgan fingerprint density at radius 3 is 2.44 bits per heavy atom. The Hall–Kier alpha value is -0.860. The average Bonchev–Trinajstić information content (AvgIpc) is 2.62. The second-order valence-corrected chi connectivity index (χ2v) is 6.27. The number of hydrogen-bond donors (Lipinski definition) is 1. The zero-order chi connectivity index (χ0) is 13.3. The van der Waals surface area contributed by atoms with Crippen LogP contribution < -0.4 is 5.73 Å². The lowest BCUT2D eigenvalue weighted by molar-refractivity contribution is 0.101. The molecule has 0 amide bonds. The van der Waals surface area contributed by atoms with Crippen LogP contribution in [0.25, 0.3) is 0 Å². The van der Waals surface area contributed by atoms with Crippen molar-refractivity contribution in [3.8, 4) is 0 Å². The first-order valence-corrected chi connectivity index (χ1v) is 7.01. The van der Waals surface area contributed by atoms with E-state index in [1.54, 1.807) is 0 Å². The fraction of sp³-hybridized carbons (Fsp3) is 0.625. The van der Waals surface area contributed by atoms with Gasteiger partial charge >= 0.3 is 0 Å². The van der Waals surface area contributed by atoms with Crippen molar-refractivity contribution < 1.29 is 0 Å². The molecular weight excluding hydrogens is 220 g/mol. The molecule has 18 heavy (non-hydrogen) atoms. The highest BCUT2D eigenvalue weighted by atomic mass is 15.2. The first kappa shape index (κ1) is 13.6. The minimum atomic E-state index is 0.156. The van der Waals surface area contributed by atoms with Crippen molar-refractivity contribution >= 4 is 0 Å². The Balaban J connectivity index is 2.38. The van der Waals surface area contributed by atoms with Gasteiger partial charge in [0, 0.05) is 11.6 Å². The monoisotopic (exact) mass is 246 g/mol. The predicted molar refractivity (Wildman–Crippen MR) is 77.6 cm³/mol. The van der Waals surface area contributed by atoms with Crippen LogP contribution in [-0.2, 0) is 0 Å². The summed E-state index contributed by atoms with van der Waals surface area (Å²) in [6.45, 7) is 10.2. The van der Waals surface area contributed by atoms with E-state index < -0.39 is 0 Å². The molecule has 0 saturated carbocycles. The number of hydrogen-bond acceptors (Lipinski definition) is 2. The average molecular weight is 246 g/mol. The van der Waals surface area contributed by atoms with Crippen molar-refractivity contribution in [2.45, 2.75) is 58.2 Å². The molecule has 0 radical (unpaired) electrons. The van der Waals surface area contributed by atoms with Crippen molar-refractivity contribution in [2.24, 2.45) is 5.73 Å². The van der Waals surface area contributed by atoms with Gasteiger partial charge in [-0.25, -0.2) is 0 Å². The molecule has 1 fully saturated rings. The molecule has 0 aliphatic carbocycles. The summed E-state index contributed by atoms with van der Waals surface area (Å²) in [5.41, 5.74) is 9.30. The molecule has 100 valence electrons. The third-order valence-electron chi connectivity index (χ3n) is 4.31. The van der Waals surface area contributed by atoms with Crippen molar-refractivity contribution in [1.29, 1.82) is 0 Å². The molecule has 0 aromatic heterocycles. The maximum atomic E-state index is 6.30. The van der Waals surface area contributed by atoms with Crippen molar-refractivity contribution in [3.05, 3.63) is 35.4 Å². The lowest BCUT2D eigenvalue weighted by atomic mass is 9.91. The molecule has 1 aliphatic heterocycles. The third kappa shape index (κ3) is 2.45. The molecule has 2 N–H and O–H groups in total. The Bertz CT molecular complexity index is 409. The first-order chi connectivity index (χ1) is 8.43. The van der Waals surface area contributed by atoms with Gasteiger partial charge in [0.1, 0.15) is 0 Å². The summed E-state index contributed by atoms with van der Waals surface area (Å²) >= 11 is 0. The molecule has 0 spiro atoms. The van der Waals surface area contributed by atoms with Crippen LogP contribution in [-0.4, -0.2) is 23.0 Å². The Morgan fingerprint density at radius 2 is 1.94 bits per heavy atom. The van der Waals surface area contributed by atoms with Gasteiger partial charge in [0.25, 0.3) is 0 Å². The molecular formula is C16H26N2. The summed E-state index contributed by atoms with van der Waals surface area (Å²) in [6.07, 6.45) is 2.55. The molecule has 0 bridgehead atoms. The van der Waals surface area contributed by atoms with Crippen LogP contribution >= 0.6 is 0 Å². The smallest absolute Gasteiger partial charge is 0.0504 e. The molecule has 1 aromatic carbocycles. The van der Waals surface area contributed by atoms with E-state index in [0.717, 1.165) is 6.54 Å². The first-order valence-electron chi connectivity index (χ1n) is 7.01. The second kappa shape index (κ2) is 5.02. The van der Waals surface area contributed by atoms with Gasteiger partial charge in [-0.2, -0.15) is 0 Å². The van der Waals surface area contributed by atoms with Gasteiger partial charge < -0.3 is 5.73 Å². The van der Waals surface area contributed by atoms with E-state index in [-0.39, 0.29) is 11.6 Å². The lowest BCUT2D eigenvalue weighted by Gasteiger charge is -2.41. The number of rotatable bonds is 3. The Morgan fingerprint density at radius 1 is 1.28 bits per heavy atom. The van der Waals surface area contributed by atoms with E-state index in [1.807, 2.05) is 0 Å². The van der Waals surface area contributed by atoms with Crippen LogP contribution in [0.5, 0.6) is 0 Å². The van der Waals surface area contributed by atoms with Crippen LogP contribution in [0.1, 0.15) is 50.8 Å². The molecule has 1 heterocycles. The Kier molecular flexibility index (Phi) is 3.79. The summed E-state index contributed by atoms with van der Waals surface area (Å²) in [4.78, 5) is 2.60. The Labute approximate surface area is 111 Å². The summed E-state index contributed by atoms with van der Waals surface area (Å²) in [6, 6.07) is 9.14. The fourth-order valence-corrected chi connectivity index (χ4v) is 3.30. The van der Waals surface area contributed by atoms with Crippen LogP contribution in [0.2, 0.25) is 0 Å². The normalized spacial score (nSPS) is 22.9. The van der Waals surface area contributed by atoms with Crippen molar-refractivity contribution in [2.75, 3.05) is 6.54 Å². The van der Waals surface area contributed by atoms with Gasteiger partial charge in [0.2, 0.25) is 0 Å². The molecule has 1 aromatic rings.